The lowest BCUT2D eigenvalue weighted by atomic mass is 10.1. The average molecular weight is 463 g/mol. The van der Waals surface area contributed by atoms with Crippen molar-refractivity contribution in [2.45, 2.75) is 12.2 Å². The van der Waals surface area contributed by atoms with Crippen LogP contribution in [-0.4, -0.2) is 49.0 Å². The first-order valence-corrected chi connectivity index (χ1v) is 9.44. The van der Waals surface area contributed by atoms with Crippen LogP contribution in [0.4, 0.5) is 0 Å². The van der Waals surface area contributed by atoms with Gasteiger partial charge in [-0.05, 0) is 29.8 Å². The number of morpholine rings is 1. The molecule has 142 valence electrons. The molecule has 2 aromatic rings. The smallest absolute Gasteiger partial charge is 0.138 e. The lowest BCUT2D eigenvalue weighted by Gasteiger charge is -2.34. The van der Waals surface area contributed by atoms with Gasteiger partial charge in [-0.3, -0.25) is 4.90 Å². The minimum atomic E-state index is -0.586. The van der Waals surface area contributed by atoms with Crippen molar-refractivity contribution in [1.29, 1.82) is 0 Å². The molecule has 1 fully saturated rings. The molecule has 2 unspecified atom stereocenters. The number of nitrogens with zero attached hydrogens (tertiary/aromatic N) is 1. The van der Waals surface area contributed by atoms with Crippen molar-refractivity contribution in [3.05, 3.63) is 63.6 Å². The number of para-hydroxylation sites is 1. The van der Waals surface area contributed by atoms with E-state index >= 15 is 0 Å². The fourth-order valence-corrected chi connectivity index (χ4v) is 3.48. The predicted octanol–water partition coefficient (Wildman–Crippen LogP) is 4.34. The number of hydrogen-bond acceptors (Lipinski definition) is 4. The summed E-state index contributed by atoms with van der Waals surface area (Å²) >= 11 is 9.56. The largest absolute Gasteiger partial charge is 0.489 e. The van der Waals surface area contributed by atoms with Crippen molar-refractivity contribution in [1.82, 2.24) is 4.90 Å². The Morgan fingerprint density at radius 2 is 2.08 bits per heavy atom. The quantitative estimate of drug-likeness (QED) is 0.693. The highest BCUT2D eigenvalue weighted by Gasteiger charge is 2.24. The fourth-order valence-electron chi connectivity index (χ4n) is 2.88. The Balaban J connectivity index is 0.00000243. The zero-order valence-electron chi connectivity index (χ0n) is 14.2. The maximum atomic E-state index is 10.3. The Hall–Kier alpha value is -0.820. The molecule has 0 spiro atoms. The third-order valence-electron chi connectivity index (χ3n) is 4.11. The van der Waals surface area contributed by atoms with Crippen molar-refractivity contribution in [2.75, 3.05) is 32.8 Å². The number of halogens is 3. The summed E-state index contributed by atoms with van der Waals surface area (Å²) in [5, 5.41) is 10.8. The molecule has 3 rings (SSSR count). The van der Waals surface area contributed by atoms with Crippen molar-refractivity contribution in [3.63, 3.8) is 0 Å². The number of benzene rings is 2. The average Bonchev–Trinajstić information content (AvgIpc) is 2.61. The predicted molar refractivity (Wildman–Crippen MR) is 109 cm³/mol. The number of aliphatic hydroxyl groups is 1. The van der Waals surface area contributed by atoms with Gasteiger partial charge in [0.05, 0.1) is 17.7 Å². The van der Waals surface area contributed by atoms with Crippen LogP contribution in [0.5, 0.6) is 5.75 Å². The van der Waals surface area contributed by atoms with E-state index in [4.69, 9.17) is 21.1 Å². The Labute approximate surface area is 173 Å². The van der Waals surface area contributed by atoms with Crippen LogP contribution in [0.1, 0.15) is 11.7 Å². The highest BCUT2D eigenvalue weighted by molar-refractivity contribution is 9.10. The Kier molecular flexibility index (Phi) is 8.67. The highest BCUT2D eigenvalue weighted by Crippen LogP contribution is 2.25. The molecule has 0 amide bonds. The molecule has 0 saturated carbocycles. The zero-order valence-corrected chi connectivity index (χ0v) is 17.3. The monoisotopic (exact) mass is 461 g/mol. The minimum Gasteiger partial charge on any atom is -0.489 e. The molecule has 1 aliphatic rings. The maximum absolute atomic E-state index is 10.3. The van der Waals surface area contributed by atoms with Crippen LogP contribution in [0.15, 0.2) is 53.0 Å². The topological polar surface area (TPSA) is 41.9 Å². The molecule has 2 atom stereocenters. The Morgan fingerprint density at radius 1 is 1.27 bits per heavy atom. The van der Waals surface area contributed by atoms with Crippen LogP contribution in [0.25, 0.3) is 0 Å². The number of β-amino-alcohol motifs (C(OH)–C–C–N with tert-alkyl or cyclic N) is 1. The first-order chi connectivity index (χ1) is 12.1. The second-order valence-corrected chi connectivity index (χ2v) is 7.39. The molecule has 1 saturated heterocycles. The van der Waals surface area contributed by atoms with Gasteiger partial charge >= 0.3 is 0 Å². The summed E-state index contributed by atoms with van der Waals surface area (Å²) in [6.07, 6.45) is -0.569. The number of aliphatic hydroxyl groups excluding tert-OH is 1. The third kappa shape index (κ3) is 6.12. The lowest BCUT2D eigenvalue weighted by Crippen LogP contribution is -2.43. The molecule has 4 nitrogen and oxygen atoms in total. The highest BCUT2D eigenvalue weighted by atomic mass is 79.9. The van der Waals surface area contributed by atoms with Gasteiger partial charge in [0.1, 0.15) is 18.5 Å². The van der Waals surface area contributed by atoms with Crippen LogP contribution < -0.4 is 4.74 Å². The van der Waals surface area contributed by atoms with E-state index in [1.54, 1.807) is 12.1 Å². The van der Waals surface area contributed by atoms with Crippen molar-refractivity contribution in [2.24, 2.45) is 0 Å². The molecular formula is C19H22BrCl2NO3. The molecular weight excluding hydrogens is 441 g/mol. The SMILES string of the molecule is Cl.OC(COc1ccccc1Cl)CN1CCOC(c2cccc(Br)c2)C1. The molecule has 1 N–H and O–H groups in total. The van der Waals surface area contributed by atoms with Gasteiger partial charge in [0, 0.05) is 24.1 Å². The number of ether oxygens (including phenoxy) is 2. The fraction of sp³-hybridized carbons (Fsp3) is 0.368. The first kappa shape index (κ1) is 21.5. The van der Waals surface area contributed by atoms with Crippen LogP contribution >= 0.6 is 39.9 Å². The van der Waals surface area contributed by atoms with E-state index in [1.807, 2.05) is 24.3 Å². The van der Waals surface area contributed by atoms with E-state index in [0.29, 0.717) is 23.9 Å². The molecule has 26 heavy (non-hydrogen) atoms. The molecule has 7 heteroatoms. The van der Waals surface area contributed by atoms with E-state index in [-0.39, 0.29) is 25.1 Å². The van der Waals surface area contributed by atoms with E-state index < -0.39 is 6.10 Å². The summed E-state index contributed by atoms with van der Waals surface area (Å²) in [4.78, 5) is 2.20. The molecule has 0 radical (unpaired) electrons. The molecule has 2 aromatic carbocycles. The molecule has 0 bridgehead atoms. The van der Waals surface area contributed by atoms with Crippen LogP contribution in [0.2, 0.25) is 5.02 Å². The van der Waals surface area contributed by atoms with Gasteiger partial charge in [-0.15, -0.1) is 12.4 Å². The summed E-state index contributed by atoms with van der Waals surface area (Å²) in [6.45, 7) is 2.95. The Bertz CT molecular complexity index is 704. The summed E-state index contributed by atoms with van der Waals surface area (Å²) in [6, 6.07) is 15.4. The summed E-state index contributed by atoms with van der Waals surface area (Å²) in [5.74, 6) is 0.595. The van der Waals surface area contributed by atoms with Crippen LogP contribution in [0, 0.1) is 0 Å². The van der Waals surface area contributed by atoms with E-state index in [1.165, 1.54) is 0 Å². The van der Waals surface area contributed by atoms with Crippen molar-refractivity contribution in [3.8, 4) is 5.75 Å². The normalized spacial score (nSPS) is 18.8. The van der Waals surface area contributed by atoms with E-state index in [2.05, 4.69) is 33.0 Å². The standard InChI is InChI=1S/C19H21BrClNO3.ClH/c20-15-5-3-4-14(10-15)19-12-22(8-9-24-19)11-16(23)13-25-18-7-2-1-6-17(18)21;/h1-7,10,16,19,23H,8-9,11-13H2;1H. The van der Waals surface area contributed by atoms with E-state index in [9.17, 15) is 5.11 Å². The van der Waals surface area contributed by atoms with Gasteiger partial charge in [-0.1, -0.05) is 51.8 Å². The van der Waals surface area contributed by atoms with Crippen LogP contribution in [-0.2, 0) is 4.74 Å². The number of hydrogen-bond donors (Lipinski definition) is 1. The first-order valence-electron chi connectivity index (χ1n) is 8.26. The Morgan fingerprint density at radius 3 is 2.85 bits per heavy atom. The zero-order chi connectivity index (χ0) is 17.6. The van der Waals surface area contributed by atoms with Crippen molar-refractivity contribution < 1.29 is 14.6 Å². The van der Waals surface area contributed by atoms with E-state index in [0.717, 1.165) is 23.1 Å². The second-order valence-electron chi connectivity index (χ2n) is 6.07. The van der Waals surface area contributed by atoms with Gasteiger partial charge in [-0.25, -0.2) is 0 Å². The molecule has 1 heterocycles. The molecule has 1 aliphatic heterocycles. The summed E-state index contributed by atoms with van der Waals surface area (Å²) in [7, 11) is 0. The maximum Gasteiger partial charge on any atom is 0.138 e. The van der Waals surface area contributed by atoms with Gasteiger partial charge in [0.25, 0.3) is 0 Å². The number of rotatable bonds is 6. The second kappa shape index (κ2) is 10.5. The summed E-state index contributed by atoms with van der Waals surface area (Å²) in [5.41, 5.74) is 1.14. The van der Waals surface area contributed by atoms with Gasteiger partial charge in [-0.2, -0.15) is 0 Å². The molecule has 0 aliphatic carbocycles. The minimum absolute atomic E-state index is 0. The lowest BCUT2D eigenvalue weighted by molar-refractivity contribution is -0.0459. The van der Waals surface area contributed by atoms with Crippen LogP contribution in [0.3, 0.4) is 0 Å². The molecule has 0 aromatic heterocycles. The summed E-state index contributed by atoms with van der Waals surface area (Å²) < 4.78 is 12.5. The van der Waals surface area contributed by atoms with Gasteiger partial charge in [0.15, 0.2) is 0 Å². The third-order valence-corrected chi connectivity index (χ3v) is 4.91. The van der Waals surface area contributed by atoms with Crippen molar-refractivity contribution >= 4 is 39.9 Å². The van der Waals surface area contributed by atoms with Gasteiger partial charge < -0.3 is 14.6 Å². The van der Waals surface area contributed by atoms with Gasteiger partial charge in [0.2, 0.25) is 0 Å².